The third kappa shape index (κ3) is 2.51. The summed E-state index contributed by atoms with van der Waals surface area (Å²) in [7, 11) is 0. The van der Waals surface area contributed by atoms with Gasteiger partial charge in [0.05, 0.1) is 5.69 Å². The van der Waals surface area contributed by atoms with E-state index in [2.05, 4.69) is 5.10 Å². The van der Waals surface area contributed by atoms with E-state index >= 15 is 0 Å². The van der Waals surface area contributed by atoms with E-state index in [1.807, 2.05) is 19.9 Å². The van der Waals surface area contributed by atoms with Crippen molar-refractivity contribution in [2.24, 2.45) is 0 Å². The molecule has 5 heteroatoms. The van der Waals surface area contributed by atoms with E-state index in [4.69, 9.17) is 9.47 Å². The highest BCUT2D eigenvalue weighted by Gasteiger charge is 2.19. The molecule has 2 heterocycles. The average molecular weight is 286 g/mol. The van der Waals surface area contributed by atoms with Crippen LogP contribution in [0.2, 0.25) is 0 Å². The maximum absolute atomic E-state index is 12.7. The molecule has 110 valence electrons. The third-order valence-electron chi connectivity index (χ3n) is 3.53. The molecular weight excluding hydrogens is 268 g/mol. The van der Waals surface area contributed by atoms with Crippen molar-refractivity contribution < 1.29 is 14.3 Å². The molecule has 0 radical (unpaired) electrons. The highest BCUT2D eigenvalue weighted by atomic mass is 16.6. The normalized spacial score (nSPS) is 13.2. The fourth-order valence-electron chi connectivity index (χ4n) is 2.40. The second-order valence-corrected chi connectivity index (χ2v) is 4.88. The van der Waals surface area contributed by atoms with Gasteiger partial charge in [0.2, 0.25) is 5.78 Å². The van der Waals surface area contributed by atoms with Crippen LogP contribution in [-0.4, -0.2) is 28.8 Å². The molecule has 0 aliphatic carbocycles. The van der Waals surface area contributed by atoms with Gasteiger partial charge < -0.3 is 9.47 Å². The van der Waals surface area contributed by atoms with E-state index in [1.54, 1.807) is 22.9 Å². The average Bonchev–Trinajstić information content (AvgIpc) is 2.97. The van der Waals surface area contributed by atoms with Crippen molar-refractivity contribution in [3.8, 4) is 11.5 Å². The molecule has 3 rings (SSSR count). The minimum absolute atomic E-state index is 0.0407. The van der Waals surface area contributed by atoms with E-state index < -0.39 is 0 Å². The Bertz CT molecular complexity index is 676. The zero-order valence-electron chi connectivity index (χ0n) is 12.3. The van der Waals surface area contributed by atoms with E-state index in [1.165, 1.54) is 0 Å². The molecule has 21 heavy (non-hydrogen) atoms. The molecule has 0 N–H and O–H groups in total. The Morgan fingerprint density at radius 3 is 2.67 bits per heavy atom. The first kappa shape index (κ1) is 13.7. The zero-order chi connectivity index (χ0) is 14.8. The lowest BCUT2D eigenvalue weighted by atomic mass is 10.1. The van der Waals surface area contributed by atoms with Gasteiger partial charge in [-0.2, -0.15) is 5.10 Å². The number of carbonyl (C=O) groups excluding carboxylic acids is 1. The summed E-state index contributed by atoms with van der Waals surface area (Å²) in [5.74, 6) is 1.28. The molecule has 1 aromatic carbocycles. The van der Waals surface area contributed by atoms with Gasteiger partial charge in [0.25, 0.3) is 0 Å². The summed E-state index contributed by atoms with van der Waals surface area (Å²) in [6.07, 6.45) is 0.814. The first-order chi connectivity index (χ1) is 10.2. The molecule has 5 nitrogen and oxygen atoms in total. The topological polar surface area (TPSA) is 53.4 Å². The van der Waals surface area contributed by atoms with Crippen molar-refractivity contribution in [2.75, 3.05) is 13.2 Å². The van der Waals surface area contributed by atoms with Crippen molar-refractivity contribution in [1.29, 1.82) is 0 Å². The third-order valence-corrected chi connectivity index (χ3v) is 3.53. The van der Waals surface area contributed by atoms with Crippen LogP contribution in [0.25, 0.3) is 0 Å². The van der Waals surface area contributed by atoms with Crippen LogP contribution in [0.5, 0.6) is 11.5 Å². The molecular formula is C16H18N2O3. The summed E-state index contributed by atoms with van der Waals surface area (Å²) in [4.78, 5) is 12.7. The van der Waals surface area contributed by atoms with Crippen LogP contribution in [-0.2, 0) is 13.0 Å². The summed E-state index contributed by atoms with van der Waals surface area (Å²) in [5.41, 5.74) is 2.14. The van der Waals surface area contributed by atoms with Gasteiger partial charge in [-0.05, 0) is 37.6 Å². The summed E-state index contributed by atoms with van der Waals surface area (Å²) in [5, 5.41) is 4.42. The summed E-state index contributed by atoms with van der Waals surface area (Å²) in [6, 6.07) is 7.17. The molecule has 0 atom stereocenters. The van der Waals surface area contributed by atoms with E-state index in [9.17, 15) is 4.79 Å². The van der Waals surface area contributed by atoms with Crippen molar-refractivity contribution in [1.82, 2.24) is 9.78 Å². The Morgan fingerprint density at radius 2 is 1.95 bits per heavy atom. The van der Waals surface area contributed by atoms with Crippen LogP contribution in [0.4, 0.5) is 0 Å². The molecule has 0 bridgehead atoms. The molecule has 0 fully saturated rings. The SMILES string of the molecule is CCc1cc(C(=O)c2ccc3c(c2)OCCO3)n(CC)n1. The Balaban J connectivity index is 1.96. The van der Waals surface area contributed by atoms with Crippen LogP contribution in [0.1, 0.15) is 35.6 Å². The predicted molar refractivity (Wildman–Crippen MR) is 78.1 cm³/mol. The van der Waals surface area contributed by atoms with Gasteiger partial charge in [0.1, 0.15) is 18.9 Å². The first-order valence-corrected chi connectivity index (χ1v) is 7.24. The monoisotopic (exact) mass is 286 g/mol. The van der Waals surface area contributed by atoms with Crippen LogP contribution >= 0.6 is 0 Å². The Labute approximate surface area is 123 Å². The summed E-state index contributed by atoms with van der Waals surface area (Å²) in [6.45, 7) is 5.74. The quantitative estimate of drug-likeness (QED) is 0.810. The van der Waals surface area contributed by atoms with Crippen LogP contribution in [0.15, 0.2) is 24.3 Å². The Kier molecular flexibility index (Phi) is 3.64. The van der Waals surface area contributed by atoms with Gasteiger partial charge in [-0.15, -0.1) is 0 Å². The molecule has 1 aromatic heterocycles. The van der Waals surface area contributed by atoms with Crippen LogP contribution < -0.4 is 9.47 Å². The number of fused-ring (bicyclic) bond motifs is 1. The number of carbonyl (C=O) groups is 1. The van der Waals surface area contributed by atoms with Gasteiger partial charge >= 0.3 is 0 Å². The number of hydrogen-bond donors (Lipinski definition) is 0. The Morgan fingerprint density at radius 1 is 1.19 bits per heavy atom. The summed E-state index contributed by atoms with van der Waals surface area (Å²) < 4.78 is 12.8. The second-order valence-electron chi connectivity index (χ2n) is 4.88. The van der Waals surface area contributed by atoms with E-state index in [0.29, 0.717) is 42.5 Å². The van der Waals surface area contributed by atoms with Crippen LogP contribution in [0.3, 0.4) is 0 Å². The number of aryl methyl sites for hydroxylation is 2. The lowest BCUT2D eigenvalue weighted by Gasteiger charge is -2.18. The van der Waals surface area contributed by atoms with Gasteiger partial charge in [-0.25, -0.2) is 0 Å². The lowest BCUT2D eigenvalue weighted by Crippen LogP contribution is -2.16. The first-order valence-electron chi connectivity index (χ1n) is 7.24. The van der Waals surface area contributed by atoms with Crippen molar-refractivity contribution >= 4 is 5.78 Å². The van der Waals surface area contributed by atoms with Gasteiger partial charge in [-0.3, -0.25) is 9.48 Å². The number of ketones is 1. The minimum Gasteiger partial charge on any atom is -0.486 e. The second kappa shape index (κ2) is 5.60. The minimum atomic E-state index is -0.0407. The van der Waals surface area contributed by atoms with Gasteiger partial charge in [-0.1, -0.05) is 6.92 Å². The van der Waals surface area contributed by atoms with E-state index in [0.717, 1.165) is 12.1 Å². The van der Waals surface area contributed by atoms with Crippen molar-refractivity contribution in [3.05, 3.63) is 41.2 Å². The lowest BCUT2D eigenvalue weighted by molar-refractivity contribution is 0.102. The molecule has 0 saturated heterocycles. The molecule has 1 aliphatic rings. The molecule has 1 aliphatic heterocycles. The van der Waals surface area contributed by atoms with Crippen LogP contribution in [0, 0.1) is 0 Å². The molecule has 0 saturated carbocycles. The maximum Gasteiger partial charge on any atom is 0.211 e. The number of aromatic nitrogens is 2. The smallest absolute Gasteiger partial charge is 0.211 e. The number of ether oxygens (including phenoxy) is 2. The number of rotatable bonds is 4. The number of nitrogens with zero attached hydrogens (tertiary/aromatic N) is 2. The summed E-state index contributed by atoms with van der Waals surface area (Å²) >= 11 is 0. The molecule has 0 spiro atoms. The number of benzene rings is 1. The molecule has 0 unspecified atom stereocenters. The fourth-order valence-corrected chi connectivity index (χ4v) is 2.40. The largest absolute Gasteiger partial charge is 0.486 e. The fraction of sp³-hybridized carbons (Fsp3) is 0.375. The molecule has 2 aromatic rings. The number of hydrogen-bond acceptors (Lipinski definition) is 4. The zero-order valence-corrected chi connectivity index (χ0v) is 12.3. The van der Waals surface area contributed by atoms with Gasteiger partial charge in [0, 0.05) is 12.1 Å². The standard InChI is InChI=1S/C16H18N2O3/c1-3-12-10-13(18(4-2)17-12)16(19)11-5-6-14-15(9-11)21-8-7-20-14/h5-6,9-10H,3-4,7-8H2,1-2H3. The van der Waals surface area contributed by atoms with Crippen molar-refractivity contribution in [2.45, 2.75) is 26.8 Å². The highest BCUT2D eigenvalue weighted by molar-refractivity contribution is 6.08. The maximum atomic E-state index is 12.7. The van der Waals surface area contributed by atoms with E-state index in [-0.39, 0.29) is 5.78 Å². The van der Waals surface area contributed by atoms with Gasteiger partial charge in [0.15, 0.2) is 11.5 Å². The predicted octanol–water partition coefficient (Wildman–Crippen LogP) is 2.47. The van der Waals surface area contributed by atoms with Crippen molar-refractivity contribution in [3.63, 3.8) is 0 Å². The Hall–Kier alpha value is -2.30. The highest BCUT2D eigenvalue weighted by Crippen LogP contribution is 2.31. The molecule has 0 amide bonds.